The molecule has 0 saturated heterocycles. The second kappa shape index (κ2) is 7.58. The van der Waals surface area contributed by atoms with Crippen molar-refractivity contribution in [1.82, 2.24) is 5.32 Å². The third kappa shape index (κ3) is 4.44. The third-order valence-electron chi connectivity index (χ3n) is 3.92. The zero-order valence-electron chi connectivity index (χ0n) is 12.1. The molecule has 0 unspecified atom stereocenters. The van der Waals surface area contributed by atoms with Crippen LogP contribution in [0.25, 0.3) is 0 Å². The molecule has 0 bridgehead atoms. The first-order chi connectivity index (χ1) is 9.66. The van der Waals surface area contributed by atoms with Crippen LogP contribution in [0, 0.1) is 0 Å². The van der Waals surface area contributed by atoms with Crippen molar-refractivity contribution in [2.75, 3.05) is 18.6 Å². The van der Waals surface area contributed by atoms with Gasteiger partial charge in [0.05, 0.1) is 0 Å². The molecule has 0 aliphatic heterocycles. The van der Waals surface area contributed by atoms with Gasteiger partial charge in [-0.2, -0.15) is 0 Å². The zero-order valence-corrected chi connectivity index (χ0v) is 12.9. The summed E-state index contributed by atoms with van der Waals surface area (Å²) in [7, 11) is -0.860. The van der Waals surface area contributed by atoms with E-state index in [2.05, 4.69) is 17.4 Å². The van der Waals surface area contributed by atoms with Crippen LogP contribution in [0.2, 0.25) is 0 Å². The fourth-order valence-electron chi connectivity index (χ4n) is 2.75. The van der Waals surface area contributed by atoms with E-state index in [1.807, 2.05) is 12.1 Å². The predicted octanol–water partition coefficient (Wildman–Crippen LogP) is 2.84. The minimum absolute atomic E-state index is 0.0781. The van der Waals surface area contributed by atoms with Crippen LogP contribution in [0.4, 0.5) is 0 Å². The highest BCUT2D eigenvalue weighted by atomic mass is 32.2. The molecule has 0 spiro atoms. The number of carbonyl (C=O) groups is 1. The van der Waals surface area contributed by atoms with Crippen LogP contribution in [0.1, 0.15) is 53.9 Å². The molecule has 1 atom stereocenters. The van der Waals surface area contributed by atoms with Gasteiger partial charge in [0.25, 0.3) is 5.91 Å². The Morgan fingerprint density at radius 2 is 1.85 bits per heavy atom. The van der Waals surface area contributed by atoms with Crippen molar-refractivity contribution >= 4 is 16.7 Å². The summed E-state index contributed by atoms with van der Waals surface area (Å²) in [5.41, 5.74) is 2.04. The van der Waals surface area contributed by atoms with Crippen LogP contribution in [-0.2, 0) is 10.8 Å². The lowest BCUT2D eigenvalue weighted by atomic mass is 9.84. The van der Waals surface area contributed by atoms with Crippen molar-refractivity contribution in [1.29, 1.82) is 0 Å². The molecule has 1 aliphatic carbocycles. The molecule has 1 fully saturated rings. The molecule has 0 heterocycles. The van der Waals surface area contributed by atoms with Crippen molar-refractivity contribution < 1.29 is 9.00 Å². The molecule has 1 aromatic rings. The quantitative estimate of drug-likeness (QED) is 0.907. The van der Waals surface area contributed by atoms with Gasteiger partial charge < -0.3 is 5.32 Å². The maximum Gasteiger partial charge on any atom is 0.251 e. The molecule has 0 aromatic heterocycles. The van der Waals surface area contributed by atoms with E-state index in [-0.39, 0.29) is 5.91 Å². The lowest BCUT2D eigenvalue weighted by molar-refractivity contribution is 0.0956. The first-order valence-corrected chi connectivity index (χ1v) is 9.07. The van der Waals surface area contributed by atoms with Crippen molar-refractivity contribution in [3.63, 3.8) is 0 Å². The Balaban J connectivity index is 1.90. The van der Waals surface area contributed by atoms with Gasteiger partial charge in [-0.3, -0.25) is 9.00 Å². The van der Waals surface area contributed by atoms with E-state index >= 15 is 0 Å². The van der Waals surface area contributed by atoms with E-state index in [0.717, 1.165) is 0 Å². The summed E-state index contributed by atoms with van der Waals surface area (Å²) in [6.45, 7) is 0.465. The first kappa shape index (κ1) is 15.2. The smallest absolute Gasteiger partial charge is 0.251 e. The molecule has 1 N–H and O–H groups in total. The van der Waals surface area contributed by atoms with Crippen LogP contribution in [0.15, 0.2) is 24.3 Å². The molecule has 3 nitrogen and oxygen atoms in total. The Hall–Kier alpha value is -1.16. The summed E-state index contributed by atoms with van der Waals surface area (Å²) < 4.78 is 10.9. The average Bonchev–Trinajstić information content (AvgIpc) is 2.48. The van der Waals surface area contributed by atoms with Gasteiger partial charge in [-0.25, -0.2) is 0 Å². The fourth-order valence-corrected chi connectivity index (χ4v) is 3.14. The highest BCUT2D eigenvalue weighted by Gasteiger charge is 2.15. The molecule has 20 heavy (non-hydrogen) atoms. The molecule has 4 heteroatoms. The molecule has 1 aliphatic rings. The maximum atomic E-state index is 11.9. The Morgan fingerprint density at radius 1 is 1.20 bits per heavy atom. The van der Waals surface area contributed by atoms with Gasteiger partial charge in [0.15, 0.2) is 0 Å². The topological polar surface area (TPSA) is 46.2 Å². The molecule has 110 valence electrons. The van der Waals surface area contributed by atoms with Crippen LogP contribution < -0.4 is 5.32 Å². The summed E-state index contributed by atoms with van der Waals surface area (Å²) in [5, 5.41) is 2.80. The SMILES string of the molecule is C[S@@](=O)CCNC(=O)c1ccc(C2CCCCC2)cc1. The molecule has 1 amide bonds. The maximum absolute atomic E-state index is 11.9. The zero-order chi connectivity index (χ0) is 14.4. The standard InChI is InChI=1S/C16H23NO2S/c1-20(19)12-11-17-16(18)15-9-7-14(8-10-15)13-5-3-2-4-6-13/h7-10,13H,2-6,11-12H2,1H3,(H,17,18)/t20-/m1/s1. The normalized spacial score (nSPS) is 17.6. The van der Waals surface area contributed by atoms with E-state index in [1.165, 1.54) is 37.7 Å². The van der Waals surface area contributed by atoms with Crippen molar-refractivity contribution in [3.05, 3.63) is 35.4 Å². The number of hydrogen-bond acceptors (Lipinski definition) is 2. The fraction of sp³-hybridized carbons (Fsp3) is 0.562. The number of benzene rings is 1. The summed E-state index contributed by atoms with van der Waals surface area (Å²) in [6, 6.07) is 7.98. The molecule has 0 radical (unpaired) electrons. The Labute approximate surface area is 123 Å². The largest absolute Gasteiger partial charge is 0.351 e. The van der Waals surface area contributed by atoms with Crippen LogP contribution in [0.3, 0.4) is 0 Å². The average molecular weight is 293 g/mol. The minimum Gasteiger partial charge on any atom is -0.351 e. The molecular weight excluding hydrogens is 270 g/mol. The van der Waals surface area contributed by atoms with E-state index in [0.29, 0.717) is 23.8 Å². The number of amides is 1. The molecule has 1 saturated carbocycles. The van der Waals surface area contributed by atoms with Crippen molar-refractivity contribution in [3.8, 4) is 0 Å². The summed E-state index contributed by atoms with van der Waals surface area (Å²) >= 11 is 0. The lowest BCUT2D eigenvalue weighted by Gasteiger charge is -2.22. The molecule has 1 aromatic carbocycles. The lowest BCUT2D eigenvalue weighted by Crippen LogP contribution is -2.27. The Kier molecular flexibility index (Phi) is 5.77. The van der Waals surface area contributed by atoms with Gasteiger partial charge in [0.2, 0.25) is 0 Å². The minimum atomic E-state index is -0.860. The van der Waals surface area contributed by atoms with Crippen molar-refractivity contribution in [2.24, 2.45) is 0 Å². The van der Waals surface area contributed by atoms with E-state index in [1.54, 1.807) is 6.26 Å². The van der Waals surface area contributed by atoms with Crippen molar-refractivity contribution in [2.45, 2.75) is 38.0 Å². The second-order valence-electron chi connectivity index (χ2n) is 5.49. The summed E-state index contributed by atoms with van der Waals surface area (Å²) in [5.74, 6) is 1.10. The van der Waals surface area contributed by atoms with E-state index < -0.39 is 10.8 Å². The Morgan fingerprint density at radius 3 is 2.45 bits per heavy atom. The highest BCUT2D eigenvalue weighted by molar-refractivity contribution is 7.84. The van der Waals surface area contributed by atoms with Crippen LogP contribution in [-0.4, -0.2) is 28.7 Å². The first-order valence-electron chi connectivity index (χ1n) is 7.35. The third-order valence-corrected chi connectivity index (χ3v) is 4.70. The number of carbonyl (C=O) groups excluding carboxylic acids is 1. The summed E-state index contributed by atoms with van der Waals surface area (Å²) in [6.07, 6.45) is 8.19. The van der Waals surface area contributed by atoms with Crippen LogP contribution >= 0.6 is 0 Å². The molecular formula is C16H23NO2S. The van der Waals surface area contributed by atoms with Gasteiger partial charge in [-0.1, -0.05) is 31.4 Å². The van der Waals surface area contributed by atoms with Gasteiger partial charge in [-0.15, -0.1) is 0 Å². The Bertz CT molecular complexity index is 464. The van der Waals surface area contributed by atoms with Gasteiger partial charge in [0.1, 0.15) is 0 Å². The van der Waals surface area contributed by atoms with Gasteiger partial charge in [0, 0.05) is 34.9 Å². The molecule has 2 rings (SSSR count). The monoisotopic (exact) mass is 293 g/mol. The van der Waals surface area contributed by atoms with E-state index in [9.17, 15) is 9.00 Å². The predicted molar refractivity (Wildman–Crippen MR) is 83.5 cm³/mol. The number of rotatable bonds is 5. The highest BCUT2D eigenvalue weighted by Crippen LogP contribution is 2.32. The number of hydrogen-bond donors (Lipinski definition) is 1. The van der Waals surface area contributed by atoms with Gasteiger partial charge >= 0.3 is 0 Å². The number of nitrogens with one attached hydrogen (secondary N) is 1. The second-order valence-corrected chi connectivity index (χ2v) is 7.04. The van der Waals surface area contributed by atoms with Crippen LogP contribution in [0.5, 0.6) is 0 Å². The summed E-state index contributed by atoms with van der Waals surface area (Å²) in [4.78, 5) is 11.9. The van der Waals surface area contributed by atoms with E-state index in [4.69, 9.17) is 0 Å². The van der Waals surface area contributed by atoms with Gasteiger partial charge in [-0.05, 0) is 36.5 Å².